The Morgan fingerprint density at radius 3 is 3.00 bits per heavy atom. The molecule has 0 fully saturated rings. The highest BCUT2D eigenvalue weighted by molar-refractivity contribution is 5.27. The van der Waals surface area contributed by atoms with Crippen LogP contribution in [-0.2, 0) is 24.8 Å². The maximum absolute atomic E-state index is 5.47. The van der Waals surface area contributed by atoms with E-state index in [9.17, 15) is 0 Å². The zero-order valence-electron chi connectivity index (χ0n) is 13.0. The van der Waals surface area contributed by atoms with E-state index in [0.717, 1.165) is 19.5 Å². The number of aromatic nitrogens is 2. The quantitative estimate of drug-likeness (QED) is 0.864. The Morgan fingerprint density at radius 2 is 2.24 bits per heavy atom. The van der Waals surface area contributed by atoms with Crippen LogP contribution in [0.4, 0.5) is 0 Å². The Hall–Kier alpha value is -1.65. The smallest absolute Gasteiger partial charge is 0.0760 e. The maximum Gasteiger partial charge on any atom is 0.0760 e. The molecule has 112 valence electrons. The maximum atomic E-state index is 5.47. The molecule has 4 nitrogen and oxygen atoms in total. The van der Waals surface area contributed by atoms with Crippen LogP contribution in [0.2, 0.25) is 0 Å². The Balaban J connectivity index is 1.86. The van der Waals surface area contributed by atoms with Gasteiger partial charge in [-0.3, -0.25) is 9.58 Å². The number of hydrogen-bond acceptors (Lipinski definition) is 3. The van der Waals surface area contributed by atoms with Gasteiger partial charge in [-0.05, 0) is 24.5 Å². The lowest BCUT2D eigenvalue weighted by molar-refractivity contribution is 0.0734. The van der Waals surface area contributed by atoms with Gasteiger partial charge in [0.15, 0.2) is 0 Å². The van der Waals surface area contributed by atoms with E-state index >= 15 is 0 Å². The fourth-order valence-corrected chi connectivity index (χ4v) is 3.28. The summed E-state index contributed by atoms with van der Waals surface area (Å²) in [5.74, 6) is 0. The summed E-state index contributed by atoms with van der Waals surface area (Å²) in [6, 6.07) is 9.03. The lowest BCUT2D eigenvalue weighted by Gasteiger charge is -2.35. The van der Waals surface area contributed by atoms with Crippen molar-refractivity contribution in [3.05, 3.63) is 52.8 Å². The molecule has 21 heavy (non-hydrogen) atoms. The highest BCUT2D eigenvalue weighted by atomic mass is 16.5. The van der Waals surface area contributed by atoms with Crippen LogP contribution in [0, 0.1) is 6.92 Å². The van der Waals surface area contributed by atoms with Gasteiger partial charge in [-0.1, -0.05) is 29.8 Å². The summed E-state index contributed by atoms with van der Waals surface area (Å²) in [5.41, 5.74) is 5.34. The number of hydrogen-bond donors (Lipinski definition) is 0. The number of methoxy groups -OCH3 is 1. The predicted octanol–water partition coefficient (Wildman–Crippen LogP) is 2.47. The van der Waals surface area contributed by atoms with Gasteiger partial charge in [0.1, 0.15) is 0 Å². The standard InChI is InChI=1S/C17H23N3O/c1-13-5-4-6-14(9-13)11-20-8-7-15-10-18-19(2)17(15)16(20)12-21-3/h4-6,9-10,16H,7-8,11-12H2,1-3H3/t16-/m1/s1. The molecule has 0 unspecified atom stereocenters. The molecule has 0 N–H and O–H groups in total. The second kappa shape index (κ2) is 6.00. The first kappa shape index (κ1) is 14.3. The van der Waals surface area contributed by atoms with Gasteiger partial charge < -0.3 is 4.74 Å². The number of nitrogens with zero attached hydrogens (tertiary/aromatic N) is 3. The fraction of sp³-hybridized carbons (Fsp3) is 0.471. The molecule has 4 heteroatoms. The molecular formula is C17H23N3O. The number of benzene rings is 1. The van der Waals surface area contributed by atoms with Gasteiger partial charge >= 0.3 is 0 Å². The summed E-state index contributed by atoms with van der Waals surface area (Å²) in [6.45, 7) is 4.87. The Morgan fingerprint density at radius 1 is 1.38 bits per heavy atom. The second-order valence-corrected chi connectivity index (χ2v) is 5.86. The molecule has 2 aromatic rings. The molecular weight excluding hydrogens is 262 g/mol. The van der Waals surface area contributed by atoms with Gasteiger partial charge in [-0.15, -0.1) is 0 Å². The molecule has 0 bridgehead atoms. The lowest BCUT2D eigenvalue weighted by Crippen LogP contribution is -2.38. The molecule has 3 rings (SSSR count). The number of aryl methyl sites for hydroxylation is 2. The minimum absolute atomic E-state index is 0.284. The van der Waals surface area contributed by atoms with Crippen LogP contribution >= 0.6 is 0 Å². The molecule has 0 saturated carbocycles. The molecule has 0 amide bonds. The molecule has 1 aliphatic rings. The Bertz CT molecular complexity index is 620. The highest BCUT2D eigenvalue weighted by Crippen LogP contribution is 2.30. The minimum Gasteiger partial charge on any atom is -0.383 e. The third kappa shape index (κ3) is 2.87. The molecule has 1 aliphatic heterocycles. The van der Waals surface area contributed by atoms with Gasteiger partial charge in [-0.25, -0.2) is 0 Å². The van der Waals surface area contributed by atoms with Crippen LogP contribution < -0.4 is 0 Å². The first-order valence-electron chi connectivity index (χ1n) is 7.48. The van der Waals surface area contributed by atoms with Crippen molar-refractivity contribution in [2.45, 2.75) is 25.9 Å². The van der Waals surface area contributed by atoms with Crippen molar-refractivity contribution in [2.24, 2.45) is 7.05 Å². The van der Waals surface area contributed by atoms with E-state index in [0.29, 0.717) is 6.61 Å². The van der Waals surface area contributed by atoms with Crippen LogP contribution in [-0.4, -0.2) is 34.9 Å². The molecule has 0 aliphatic carbocycles. The Labute approximate surface area is 126 Å². The molecule has 1 atom stereocenters. The minimum atomic E-state index is 0.284. The third-order valence-corrected chi connectivity index (χ3v) is 4.28. The Kier molecular flexibility index (Phi) is 4.08. The van der Waals surface area contributed by atoms with Crippen LogP contribution in [0.25, 0.3) is 0 Å². The van der Waals surface area contributed by atoms with Crippen molar-refractivity contribution in [1.29, 1.82) is 0 Å². The topological polar surface area (TPSA) is 30.3 Å². The largest absolute Gasteiger partial charge is 0.383 e. The average molecular weight is 285 g/mol. The number of rotatable bonds is 4. The summed E-state index contributed by atoms with van der Waals surface area (Å²) in [7, 11) is 3.80. The van der Waals surface area contributed by atoms with E-state index in [1.54, 1.807) is 7.11 Å². The first-order valence-corrected chi connectivity index (χ1v) is 7.48. The molecule has 0 saturated heterocycles. The highest BCUT2D eigenvalue weighted by Gasteiger charge is 2.30. The molecule has 1 aromatic carbocycles. The predicted molar refractivity (Wildman–Crippen MR) is 83.1 cm³/mol. The van der Waals surface area contributed by atoms with Crippen LogP contribution in [0.3, 0.4) is 0 Å². The van der Waals surface area contributed by atoms with Gasteiger partial charge in [0.25, 0.3) is 0 Å². The first-order chi connectivity index (χ1) is 10.2. The van der Waals surface area contributed by atoms with Gasteiger partial charge in [0, 0.05) is 27.2 Å². The van der Waals surface area contributed by atoms with E-state index in [1.165, 1.54) is 22.4 Å². The van der Waals surface area contributed by atoms with E-state index in [-0.39, 0.29) is 6.04 Å². The zero-order valence-corrected chi connectivity index (χ0v) is 13.0. The van der Waals surface area contributed by atoms with Crippen molar-refractivity contribution >= 4 is 0 Å². The average Bonchev–Trinajstić information content (AvgIpc) is 2.83. The summed E-state index contributed by atoms with van der Waals surface area (Å²) in [6.07, 6.45) is 3.07. The molecule has 1 aromatic heterocycles. The van der Waals surface area contributed by atoms with E-state index < -0.39 is 0 Å². The number of fused-ring (bicyclic) bond motifs is 1. The monoisotopic (exact) mass is 285 g/mol. The van der Waals surface area contributed by atoms with Crippen LogP contribution in [0.15, 0.2) is 30.5 Å². The van der Waals surface area contributed by atoms with Gasteiger partial charge in [0.05, 0.1) is 24.5 Å². The van der Waals surface area contributed by atoms with Crippen molar-refractivity contribution in [3.8, 4) is 0 Å². The summed E-state index contributed by atoms with van der Waals surface area (Å²) in [4.78, 5) is 2.50. The van der Waals surface area contributed by atoms with Gasteiger partial charge in [-0.2, -0.15) is 5.10 Å². The summed E-state index contributed by atoms with van der Waals surface area (Å²) < 4.78 is 7.47. The van der Waals surface area contributed by atoms with Crippen LogP contribution in [0.1, 0.15) is 28.4 Å². The second-order valence-electron chi connectivity index (χ2n) is 5.86. The van der Waals surface area contributed by atoms with Crippen LogP contribution in [0.5, 0.6) is 0 Å². The molecule has 0 spiro atoms. The van der Waals surface area contributed by atoms with E-state index in [1.807, 2.05) is 17.9 Å². The lowest BCUT2D eigenvalue weighted by atomic mass is 9.99. The molecule has 2 heterocycles. The van der Waals surface area contributed by atoms with E-state index in [2.05, 4.69) is 41.2 Å². The number of ether oxygens (including phenoxy) is 1. The van der Waals surface area contributed by atoms with Crippen molar-refractivity contribution < 1.29 is 4.74 Å². The summed E-state index contributed by atoms with van der Waals surface area (Å²) >= 11 is 0. The van der Waals surface area contributed by atoms with Crippen molar-refractivity contribution in [3.63, 3.8) is 0 Å². The summed E-state index contributed by atoms with van der Waals surface area (Å²) in [5, 5.41) is 4.42. The zero-order chi connectivity index (χ0) is 14.8. The SMILES string of the molecule is COC[C@@H]1c2c(cnn2C)CCN1Cc1cccc(C)c1. The normalized spacial score (nSPS) is 18.7. The van der Waals surface area contributed by atoms with Crippen molar-refractivity contribution in [2.75, 3.05) is 20.3 Å². The van der Waals surface area contributed by atoms with Gasteiger partial charge in [0.2, 0.25) is 0 Å². The molecule has 0 radical (unpaired) electrons. The fourth-order valence-electron chi connectivity index (χ4n) is 3.28. The third-order valence-electron chi connectivity index (χ3n) is 4.28. The van der Waals surface area contributed by atoms with E-state index in [4.69, 9.17) is 4.74 Å². The van der Waals surface area contributed by atoms with Crippen molar-refractivity contribution in [1.82, 2.24) is 14.7 Å².